The van der Waals surface area contributed by atoms with E-state index in [9.17, 15) is 19.6 Å². The van der Waals surface area contributed by atoms with E-state index in [1.807, 2.05) is 12.1 Å². The van der Waals surface area contributed by atoms with Gasteiger partial charge in [0, 0.05) is 16.1 Å². The number of fused-ring (bicyclic) bond motifs is 1. The van der Waals surface area contributed by atoms with E-state index in [2.05, 4.69) is 15.8 Å². The van der Waals surface area contributed by atoms with Gasteiger partial charge in [0.25, 0.3) is 5.56 Å². The van der Waals surface area contributed by atoms with E-state index in [1.165, 1.54) is 11.7 Å². The topological polar surface area (TPSA) is 138 Å². The first-order valence-corrected chi connectivity index (χ1v) is 16.4. The Morgan fingerprint density at radius 2 is 1.80 bits per heavy atom. The van der Waals surface area contributed by atoms with Gasteiger partial charge in [-0.1, -0.05) is 47.2 Å². The lowest BCUT2D eigenvalue weighted by Gasteiger charge is -2.25. The molecule has 5 rings (SSSR count). The molecule has 0 bridgehead atoms. The van der Waals surface area contributed by atoms with Gasteiger partial charge < -0.3 is 23.7 Å². The van der Waals surface area contributed by atoms with Crippen LogP contribution in [0.15, 0.2) is 81.7 Å². The molecule has 1 aliphatic heterocycles. The third-order valence-corrected chi connectivity index (χ3v) is 8.67. The maximum absolute atomic E-state index is 14.3. The van der Waals surface area contributed by atoms with E-state index in [0.29, 0.717) is 53.8 Å². The Morgan fingerprint density at radius 3 is 2.53 bits per heavy atom. The SMILES string of the molecule is CCOC(=O)C1=C(C)N=c2s/c(=C/c3cc(Cl)ccc3OCc3ccccc3C#N)c(=O)n2[C@H]1c1ccc(OCC(=O)OC)c(OCC)c1. The zero-order valence-corrected chi connectivity index (χ0v) is 28.7. The number of hydrogen-bond acceptors (Lipinski definition) is 11. The summed E-state index contributed by atoms with van der Waals surface area (Å²) in [5, 5.41) is 9.92. The fraction of sp³-hybridized carbons (Fsp3) is 0.250. The summed E-state index contributed by atoms with van der Waals surface area (Å²) in [6.45, 7) is 5.37. The number of esters is 2. The van der Waals surface area contributed by atoms with Gasteiger partial charge in [-0.15, -0.1) is 0 Å². The summed E-state index contributed by atoms with van der Waals surface area (Å²) in [5.74, 6) is -0.140. The van der Waals surface area contributed by atoms with Gasteiger partial charge in [0.1, 0.15) is 12.4 Å². The number of methoxy groups -OCH3 is 1. The quantitative estimate of drug-likeness (QED) is 0.190. The first kappa shape index (κ1) is 34.9. The molecular formula is C36H32ClN3O8S. The summed E-state index contributed by atoms with van der Waals surface area (Å²) in [6, 6.07) is 18.4. The van der Waals surface area contributed by atoms with Crippen LogP contribution in [0.3, 0.4) is 0 Å². The summed E-state index contributed by atoms with van der Waals surface area (Å²) in [5.41, 5.74) is 2.44. The van der Waals surface area contributed by atoms with E-state index in [-0.39, 0.29) is 37.8 Å². The number of benzene rings is 3. The maximum Gasteiger partial charge on any atom is 0.343 e. The van der Waals surface area contributed by atoms with Gasteiger partial charge in [0.2, 0.25) is 0 Å². The zero-order valence-electron chi connectivity index (χ0n) is 27.2. The molecule has 49 heavy (non-hydrogen) atoms. The molecule has 0 radical (unpaired) electrons. The van der Waals surface area contributed by atoms with Crippen LogP contribution in [0, 0.1) is 11.3 Å². The van der Waals surface area contributed by atoms with Crippen molar-refractivity contribution >= 4 is 41.0 Å². The Morgan fingerprint density at radius 1 is 1.02 bits per heavy atom. The molecule has 4 aromatic rings. The van der Waals surface area contributed by atoms with Crippen LogP contribution in [-0.4, -0.2) is 43.4 Å². The molecule has 1 aliphatic rings. The number of rotatable bonds is 12. The molecule has 13 heteroatoms. The van der Waals surface area contributed by atoms with Crippen molar-refractivity contribution in [2.45, 2.75) is 33.4 Å². The number of allylic oxidation sites excluding steroid dienone is 1. The molecule has 0 unspecified atom stereocenters. The van der Waals surface area contributed by atoms with Crippen molar-refractivity contribution in [3.05, 3.63) is 119 Å². The van der Waals surface area contributed by atoms with Crippen molar-refractivity contribution in [1.82, 2.24) is 4.57 Å². The van der Waals surface area contributed by atoms with Crippen molar-refractivity contribution in [1.29, 1.82) is 5.26 Å². The Bertz CT molecular complexity index is 2170. The smallest absolute Gasteiger partial charge is 0.343 e. The Kier molecular flexibility index (Phi) is 11.2. The maximum atomic E-state index is 14.3. The Labute approximate surface area is 290 Å². The van der Waals surface area contributed by atoms with Crippen molar-refractivity contribution in [2.75, 3.05) is 26.9 Å². The number of nitrogens with zero attached hydrogens (tertiary/aromatic N) is 3. The molecule has 1 aromatic heterocycles. The van der Waals surface area contributed by atoms with Crippen LogP contribution >= 0.6 is 22.9 Å². The van der Waals surface area contributed by atoms with Crippen molar-refractivity contribution in [3.8, 4) is 23.3 Å². The van der Waals surface area contributed by atoms with E-state index in [0.717, 1.165) is 11.3 Å². The lowest BCUT2D eigenvalue weighted by Crippen LogP contribution is -2.40. The first-order chi connectivity index (χ1) is 23.7. The van der Waals surface area contributed by atoms with Crippen LogP contribution in [0.5, 0.6) is 17.2 Å². The normalized spacial score (nSPS) is 14.0. The molecule has 0 N–H and O–H groups in total. The summed E-state index contributed by atoms with van der Waals surface area (Å²) in [6.07, 6.45) is 1.66. The van der Waals surface area contributed by atoms with Gasteiger partial charge in [-0.25, -0.2) is 14.6 Å². The lowest BCUT2D eigenvalue weighted by molar-refractivity contribution is -0.143. The lowest BCUT2D eigenvalue weighted by atomic mass is 9.95. The van der Waals surface area contributed by atoms with Gasteiger partial charge >= 0.3 is 11.9 Å². The highest BCUT2D eigenvalue weighted by Gasteiger charge is 2.34. The number of carbonyl (C=O) groups is 2. The predicted octanol–water partition coefficient (Wildman–Crippen LogP) is 4.85. The van der Waals surface area contributed by atoms with Gasteiger partial charge in [0.15, 0.2) is 22.9 Å². The van der Waals surface area contributed by atoms with E-state index < -0.39 is 23.5 Å². The fourth-order valence-electron chi connectivity index (χ4n) is 5.20. The van der Waals surface area contributed by atoms with E-state index >= 15 is 0 Å². The number of ether oxygens (including phenoxy) is 5. The summed E-state index contributed by atoms with van der Waals surface area (Å²) in [7, 11) is 1.26. The van der Waals surface area contributed by atoms with Crippen LogP contribution in [0.1, 0.15) is 49.1 Å². The summed E-state index contributed by atoms with van der Waals surface area (Å²) >= 11 is 7.52. The Hall–Kier alpha value is -5.38. The number of aromatic nitrogens is 1. The minimum Gasteiger partial charge on any atom is -0.490 e. The molecule has 0 spiro atoms. The second kappa shape index (κ2) is 15.7. The molecule has 0 amide bonds. The van der Waals surface area contributed by atoms with Crippen molar-refractivity contribution < 1.29 is 33.3 Å². The monoisotopic (exact) mass is 701 g/mol. The molecule has 0 saturated carbocycles. The highest BCUT2D eigenvalue weighted by Crippen LogP contribution is 2.36. The van der Waals surface area contributed by atoms with Crippen LogP contribution in [-0.2, 0) is 25.7 Å². The van der Waals surface area contributed by atoms with Gasteiger partial charge in [-0.05, 0) is 68.8 Å². The molecule has 2 heterocycles. The van der Waals surface area contributed by atoms with Crippen molar-refractivity contribution in [2.24, 2.45) is 4.99 Å². The number of hydrogen-bond donors (Lipinski definition) is 0. The average molecular weight is 702 g/mol. The highest BCUT2D eigenvalue weighted by atomic mass is 35.5. The van der Waals surface area contributed by atoms with Crippen LogP contribution in [0.25, 0.3) is 6.08 Å². The largest absolute Gasteiger partial charge is 0.490 e. The summed E-state index contributed by atoms with van der Waals surface area (Å²) < 4.78 is 29.4. The van der Waals surface area contributed by atoms with Crippen LogP contribution < -0.4 is 29.1 Å². The van der Waals surface area contributed by atoms with Gasteiger partial charge in [-0.2, -0.15) is 5.26 Å². The first-order valence-electron chi connectivity index (χ1n) is 15.2. The molecule has 0 aliphatic carbocycles. The average Bonchev–Trinajstić information content (AvgIpc) is 3.40. The zero-order chi connectivity index (χ0) is 35.1. The number of carbonyl (C=O) groups excluding carboxylic acids is 2. The Balaban J connectivity index is 1.62. The minimum absolute atomic E-state index is 0.119. The van der Waals surface area contributed by atoms with Crippen LogP contribution in [0.2, 0.25) is 5.02 Å². The van der Waals surface area contributed by atoms with Gasteiger partial charge in [0.05, 0.1) is 53.8 Å². The third-order valence-electron chi connectivity index (χ3n) is 7.45. The second-order valence-corrected chi connectivity index (χ2v) is 12.0. The highest BCUT2D eigenvalue weighted by molar-refractivity contribution is 7.07. The molecule has 3 aromatic carbocycles. The van der Waals surface area contributed by atoms with Crippen molar-refractivity contribution in [3.63, 3.8) is 0 Å². The molecule has 1 atom stereocenters. The standard InChI is InChI=1S/C36H32ClN3O8S/c1-5-45-29-16-22(11-13-28(29)48-20-31(41)44-4)33-32(35(43)46-6-2)21(3)39-36-40(33)34(42)30(49-36)17-25-15-26(37)12-14-27(25)47-19-24-10-8-7-9-23(24)18-38/h7-17,33H,5-6,19-20H2,1-4H3/b30-17+/t33-/m0/s1. The van der Waals surface area contributed by atoms with E-state index in [1.54, 1.807) is 75.4 Å². The summed E-state index contributed by atoms with van der Waals surface area (Å²) in [4.78, 5) is 44.4. The number of halogens is 1. The molecule has 11 nitrogen and oxygen atoms in total. The molecular weight excluding hydrogens is 670 g/mol. The predicted molar refractivity (Wildman–Crippen MR) is 182 cm³/mol. The second-order valence-electron chi connectivity index (χ2n) is 10.5. The minimum atomic E-state index is -0.927. The molecule has 0 fully saturated rings. The third kappa shape index (κ3) is 7.69. The van der Waals surface area contributed by atoms with Crippen LogP contribution in [0.4, 0.5) is 0 Å². The van der Waals surface area contributed by atoms with E-state index in [4.69, 9.17) is 30.5 Å². The molecule has 252 valence electrons. The number of nitriles is 1. The van der Waals surface area contributed by atoms with Gasteiger partial charge in [-0.3, -0.25) is 9.36 Å². The number of thiazole rings is 1. The molecule has 0 saturated heterocycles. The fourth-order valence-corrected chi connectivity index (χ4v) is 6.42.